The summed E-state index contributed by atoms with van der Waals surface area (Å²) in [5.41, 5.74) is 0.397. The van der Waals surface area contributed by atoms with Gasteiger partial charge in [-0.3, -0.25) is 0 Å². The van der Waals surface area contributed by atoms with Gasteiger partial charge in [0.2, 0.25) is 0 Å². The van der Waals surface area contributed by atoms with E-state index >= 15 is 0 Å². The summed E-state index contributed by atoms with van der Waals surface area (Å²) >= 11 is 0. The molecule has 1 N–H and O–H groups in total. The molecule has 4 heteroatoms. The number of rotatable bonds is 0. The summed E-state index contributed by atoms with van der Waals surface area (Å²) in [7, 11) is -3.21. The lowest BCUT2D eigenvalue weighted by Crippen LogP contribution is -2.12. The zero-order valence-electron chi connectivity index (χ0n) is 6.77. The minimum atomic E-state index is -3.21. The molecule has 68 valence electrons. The Morgan fingerprint density at radius 2 is 1.92 bits per heavy atom. The SMILES string of the molecule is O=S1(=O)CC=C(O)c2ccccc21. The molecule has 3 nitrogen and oxygen atoms in total. The molecule has 0 saturated heterocycles. The van der Waals surface area contributed by atoms with Crippen LogP contribution in [0.3, 0.4) is 0 Å². The summed E-state index contributed by atoms with van der Waals surface area (Å²) in [5.74, 6) is -0.0685. The lowest BCUT2D eigenvalue weighted by molar-refractivity contribution is 0.505. The summed E-state index contributed by atoms with van der Waals surface area (Å²) in [5, 5.41) is 9.39. The fourth-order valence-electron chi connectivity index (χ4n) is 1.34. The van der Waals surface area contributed by atoms with E-state index in [1.165, 1.54) is 12.1 Å². The van der Waals surface area contributed by atoms with E-state index in [9.17, 15) is 13.5 Å². The van der Waals surface area contributed by atoms with E-state index in [0.717, 1.165) is 0 Å². The zero-order chi connectivity index (χ0) is 9.47. The Morgan fingerprint density at radius 3 is 2.62 bits per heavy atom. The maximum absolute atomic E-state index is 11.5. The molecule has 0 aromatic heterocycles. The second-order valence-corrected chi connectivity index (χ2v) is 4.87. The van der Waals surface area contributed by atoms with Crippen molar-refractivity contribution >= 4 is 15.6 Å². The molecule has 0 spiro atoms. The number of hydrogen-bond acceptors (Lipinski definition) is 3. The molecule has 13 heavy (non-hydrogen) atoms. The molecule has 2 rings (SSSR count). The minimum Gasteiger partial charge on any atom is -0.508 e. The molecule has 0 bridgehead atoms. The molecule has 0 unspecified atom stereocenters. The minimum absolute atomic E-state index is 0.0467. The van der Waals surface area contributed by atoms with Crippen molar-refractivity contribution in [1.82, 2.24) is 0 Å². The van der Waals surface area contributed by atoms with Crippen LogP contribution in [-0.2, 0) is 9.84 Å². The third-order valence-electron chi connectivity index (χ3n) is 1.99. The maximum Gasteiger partial charge on any atom is 0.182 e. The van der Waals surface area contributed by atoms with Crippen molar-refractivity contribution in [1.29, 1.82) is 0 Å². The van der Waals surface area contributed by atoms with Crippen molar-refractivity contribution in [3.8, 4) is 0 Å². The van der Waals surface area contributed by atoms with Crippen LogP contribution in [0.1, 0.15) is 5.56 Å². The predicted octanol–water partition coefficient (Wildman–Crippen LogP) is 1.37. The largest absolute Gasteiger partial charge is 0.508 e. The molecule has 0 aliphatic carbocycles. The van der Waals surface area contributed by atoms with Gasteiger partial charge in [0.25, 0.3) is 0 Å². The second kappa shape index (κ2) is 2.60. The van der Waals surface area contributed by atoms with Gasteiger partial charge in [-0.15, -0.1) is 0 Å². The summed E-state index contributed by atoms with van der Waals surface area (Å²) < 4.78 is 22.9. The number of hydrogen-bond donors (Lipinski definition) is 1. The maximum atomic E-state index is 11.5. The quantitative estimate of drug-likeness (QED) is 0.681. The first-order chi connectivity index (χ1) is 6.11. The van der Waals surface area contributed by atoms with Crippen molar-refractivity contribution < 1.29 is 13.5 Å². The molecular weight excluding hydrogens is 188 g/mol. The highest BCUT2D eigenvalue weighted by Crippen LogP contribution is 2.26. The van der Waals surface area contributed by atoms with Crippen molar-refractivity contribution in [2.75, 3.05) is 5.75 Å². The van der Waals surface area contributed by atoms with E-state index in [-0.39, 0.29) is 16.4 Å². The van der Waals surface area contributed by atoms with Crippen LogP contribution in [0.5, 0.6) is 0 Å². The standard InChI is InChI=1S/C9H8O3S/c10-8-5-6-13(11,12)9-4-2-1-3-7(8)9/h1-5,10H,6H2. The van der Waals surface area contributed by atoms with Gasteiger partial charge >= 0.3 is 0 Å². The average molecular weight is 196 g/mol. The fourth-order valence-corrected chi connectivity index (χ4v) is 2.69. The number of aliphatic hydroxyl groups excluding tert-OH is 1. The van der Waals surface area contributed by atoms with Crippen LogP contribution >= 0.6 is 0 Å². The van der Waals surface area contributed by atoms with Crippen LogP contribution in [0, 0.1) is 0 Å². The Balaban J connectivity index is 2.79. The Labute approximate surface area is 76.3 Å². The first-order valence-corrected chi connectivity index (χ1v) is 5.48. The van der Waals surface area contributed by atoms with Crippen molar-refractivity contribution in [2.45, 2.75) is 4.90 Å². The summed E-state index contributed by atoms with van der Waals surface area (Å²) in [6.45, 7) is 0. The highest BCUT2D eigenvalue weighted by Gasteiger charge is 2.23. The lowest BCUT2D eigenvalue weighted by Gasteiger charge is -2.13. The number of fused-ring (bicyclic) bond motifs is 1. The summed E-state index contributed by atoms with van der Waals surface area (Å²) in [6.07, 6.45) is 1.32. The average Bonchev–Trinajstić information content (AvgIpc) is 2.13. The van der Waals surface area contributed by atoms with Crippen LogP contribution in [-0.4, -0.2) is 19.3 Å². The molecular formula is C9H8O3S. The molecule has 1 aliphatic heterocycles. The molecule has 0 radical (unpaired) electrons. The van der Waals surface area contributed by atoms with Gasteiger partial charge in [0.1, 0.15) is 5.76 Å². The Hall–Kier alpha value is -1.29. The summed E-state index contributed by atoms with van der Waals surface area (Å²) in [4.78, 5) is 0.218. The van der Waals surface area contributed by atoms with E-state index in [4.69, 9.17) is 0 Å². The molecule has 0 atom stereocenters. The van der Waals surface area contributed by atoms with E-state index in [0.29, 0.717) is 5.56 Å². The predicted molar refractivity (Wildman–Crippen MR) is 49.1 cm³/mol. The fraction of sp³-hybridized carbons (Fsp3) is 0.111. The van der Waals surface area contributed by atoms with Gasteiger partial charge in [0.15, 0.2) is 9.84 Å². The van der Waals surface area contributed by atoms with Gasteiger partial charge in [-0.05, 0) is 18.2 Å². The van der Waals surface area contributed by atoms with Gasteiger partial charge in [-0.1, -0.05) is 12.1 Å². The normalized spacial score (nSPS) is 18.9. The Kier molecular flexibility index (Phi) is 1.66. The van der Waals surface area contributed by atoms with Gasteiger partial charge < -0.3 is 5.11 Å². The van der Waals surface area contributed by atoms with Crippen LogP contribution in [0.2, 0.25) is 0 Å². The number of aliphatic hydroxyl groups is 1. The van der Waals surface area contributed by atoms with Crippen LogP contribution in [0.15, 0.2) is 35.2 Å². The molecule has 0 amide bonds. The van der Waals surface area contributed by atoms with Gasteiger partial charge in [-0.2, -0.15) is 0 Å². The van der Waals surface area contributed by atoms with Gasteiger partial charge in [-0.25, -0.2) is 8.42 Å². The third-order valence-corrected chi connectivity index (χ3v) is 3.63. The Morgan fingerprint density at radius 1 is 1.23 bits per heavy atom. The first kappa shape index (κ1) is 8.31. The second-order valence-electron chi connectivity index (χ2n) is 2.87. The van der Waals surface area contributed by atoms with Crippen molar-refractivity contribution in [3.05, 3.63) is 35.9 Å². The molecule has 1 aromatic carbocycles. The third kappa shape index (κ3) is 1.23. The first-order valence-electron chi connectivity index (χ1n) is 3.82. The Bertz CT molecular complexity index is 471. The molecule has 0 saturated carbocycles. The topological polar surface area (TPSA) is 54.4 Å². The lowest BCUT2D eigenvalue weighted by atomic mass is 10.2. The zero-order valence-corrected chi connectivity index (χ0v) is 7.58. The van der Waals surface area contributed by atoms with E-state index in [2.05, 4.69) is 0 Å². The molecule has 1 aromatic rings. The van der Waals surface area contributed by atoms with Crippen LogP contribution in [0.4, 0.5) is 0 Å². The highest BCUT2D eigenvalue weighted by molar-refractivity contribution is 7.91. The summed E-state index contributed by atoms with van der Waals surface area (Å²) in [6, 6.07) is 6.45. The monoisotopic (exact) mass is 196 g/mol. The molecule has 1 aliphatic rings. The van der Waals surface area contributed by atoms with Gasteiger partial charge in [0, 0.05) is 5.56 Å². The smallest absolute Gasteiger partial charge is 0.182 e. The van der Waals surface area contributed by atoms with Crippen LogP contribution < -0.4 is 0 Å². The highest BCUT2D eigenvalue weighted by atomic mass is 32.2. The number of sulfone groups is 1. The van der Waals surface area contributed by atoms with Crippen molar-refractivity contribution in [3.63, 3.8) is 0 Å². The number of benzene rings is 1. The van der Waals surface area contributed by atoms with Crippen molar-refractivity contribution in [2.24, 2.45) is 0 Å². The van der Waals surface area contributed by atoms with E-state index < -0.39 is 9.84 Å². The van der Waals surface area contributed by atoms with E-state index in [1.54, 1.807) is 18.2 Å². The molecule has 1 heterocycles. The molecule has 0 fully saturated rings. The van der Waals surface area contributed by atoms with Crippen LogP contribution in [0.25, 0.3) is 5.76 Å². The van der Waals surface area contributed by atoms with Gasteiger partial charge in [0.05, 0.1) is 10.6 Å². The van der Waals surface area contributed by atoms with E-state index in [1.807, 2.05) is 0 Å².